The first-order valence-corrected chi connectivity index (χ1v) is 7.81. The second-order valence-corrected chi connectivity index (χ2v) is 6.78. The van der Waals surface area contributed by atoms with Gasteiger partial charge in [0, 0.05) is 20.2 Å². The highest BCUT2D eigenvalue weighted by Crippen LogP contribution is 2.22. The number of nitrogens with zero attached hydrogens (tertiary/aromatic N) is 1. The van der Waals surface area contributed by atoms with E-state index in [1.807, 2.05) is 0 Å². The molecule has 2 atom stereocenters. The molecule has 1 saturated heterocycles. The van der Waals surface area contributed by atoms with Crippen LogP contribution in [0.25, 0.3) is 0 Å². The van der Waals surface area contributed by atoms with Gasteiger partial charge in [-0.2, -0.15) is 0 Å². The third-order valence-corrected chi connectivity index (χ3v) is 5.31. The Morgan fingerprint density at radius 3 is 2.82 bits per heavy atom. The van der Waals surface area contributed by atoms with E-state index in [9.17, 15) is 8.42 Å². The van der Waals surface area contributed by atoms with Crippen LogP contribution in [0.1, 0.15) is 26.2 Å². The number of methoxy groups -OCH3 is 1. The molecular formula is C11H24N2O3S. The Kier molecular flexibility index (Phi) is 5.85. The minimum Gasteiger partial charge on any atom is -0.381 e. The van der Waals surface area contributed by atoms with Crippen molar-refractivity contribution in [3.8, 4) is 0 Å². The average molecular weight is 264 g/mol. The molecule has 17 heavy (non-hydrogen) atoms. The van der Waals surface area contributed by atoms with Gasteiger partial charge in [0.2, 0.25) is 10.0 Å². The smallest absolute Gasteiger partial charge is 0.216 e. The van der Waals surface area contributed by atoms with Crippen molar-refractivity contribution in [3.05, 3.63) is 0 Å². The van der Waals surface area contributed by atoms with E-state index in [1.165, 1.54) is 7.11 Å². The molecule has 0 spiro atoms. The zero-order valence-electron chi connectivity index (χ0n) is 10.8. The van der Waals surface area contributed by atoms with Gasteiger partial charge in [-0.3, -0.25) is 0 Å². The fourth-order valence-corrected chi connectivity index (χ4v) is 4.01. The molecule has 0 aromatic rings. The maximum atomic E-state index is 12.1. The van der Waals surface area contributed by atoms with E-state index in [0.29, 0.717) is 25.6 Å². The van der Waals surface area contributed by atoms with Gasteiger partial charge in [-0.25, -0.2) is 12.7 Å². The van der Waals surface area contributed by atoms with Crippen molar-refractivity contribution in [1.29, 1.82) is 0 Å². The minimum absolute atomic E-state index is 0.0683. The summed E-state index contributed by atoms with van der Waals surface area (Å²) in [5.41, 5.74) is 5.53. The zero-order valence-corrected chi connectivity index (χ0v) is 11.6. The normalized spacial score (nSPS) is 24.8. The average Bonchev–Trinajstić information content (AvgIpc) is 2.29. The van der Waals surface area contributed by atoms with Crippen molar-refractivity contribution in [3.63, 3.8) is 0 Å². The predicted molar refractivity (Wildman–Crippen MR) is 68.2 cm³/mol. The lowest BCUT2D eigenvalue weighted by molar-refractivity contribution is 0.134. The van der Waals surface area contributed by atoms with Crippen molar-refractivity contribution in [1.82, 2.24) is 4.31 Å². The Labute approximate surface area is 104 Å². The quantitative estimate of drug-likeness (QED) is 0.754. The molecule has 2 N–H and O–H groups in total. The summed E-state index contributed by atoms with van der Waals surface area (Å²) in [6.07, 6.45) is 2.68. The highest BCUT2D eigenvalue weighted by molar-refractivity contribution is 7.89. The maximum Gasteiger partial charge on any atom is 0.216 e. The summed E-state index contributed by atoms with van der Waals surface area (Å²) in [4.78, 5) is 0. The summed E-state index contributed by atoms with van der Waals surface area (Å²) in [5, 5.41) is 0. The second-order valence-electron chi connectivity index (χ2n) is 4.77. The summed E-state index contributed by atoms with van der Waals surface area (Å²) >= 11 is 0. The first-order chi connectivity index (χ1) is 7.99. The molecule has 0 bridgehead atoms. The molecule has 1 aliphatic heterocycles. The van der Waals surface area contributed by atoms with Gasteiger partial charge in [-0.15, -0.1) is 0 Å². The van der Waals surface area contributed by atoms with E-state index in [4.69, 9.17) is 10.5 Å². The lowest BCUT2D eigenvalue weighted by Crippen LogP contribution is -2.43. The minimum atomic E-state index is -3.18. The molecule has 0 aliphatic carbocycles. The first-order valence-electron chi connectivity index (χ1n) is 6.20. The molecule has 0 amide bonds. The summed E-state index contributed by atoms with van der Waals surface area (Å²) in [6.45, 7) is 3.67. The van der Waals surface area contributed by atoms with Crippen molar-refractivity contribution in [2.75, 3.05) is 32.5 Å². The van der Waals surface area contributed by atoms with Crippen LogP contribution >= 0.6 is 0 Å². The highest BCUT2D eigenvalue weighted by Gasteiger charge is 2.29. The van der Waals surface area contributed by atoms with E-state index in [1.54, 1.807) is 11.2 Å². The van der Waals surface area contributed by atoms with E-state index in [2.05, 4.69) is 0 Å². The van der Waals surface area contributed by atoms with Crippen LogP contribution in [0.2, 0.25) is 0 Å². The lowest BCUT2D eigenvalue weighted by Gasteiger charge is -2.32. The van der Waals surface area contributed by atoms with Crippen LogP contribution in [0, 0.1) is 5.92 Å². The third-order valence-electron chi connectivity index (χ3n) is 3.30. The lowest BCUT2D eigenvalue weighted by atomic mass is 9.96. The Morgan fingerprint density at radius 1 is 1.53 bits per heavy atom. The van der Waals surface area contributed by atoms with Crippen LogP contribution < -0.4 is 5.73 Å². The van der Waals surface area contributed by atoms with Gasteiger partial charge in [0.15, 0.2) is 0 Å². The van der Waals surface area contributed by atoms with Crippen molar-refractivity contribution >= 4 is 10.0 Å². The Bertz CT molecular complexity index is 317. The number of ether oxygens (including phenoxy) is 1. The van der Waals surface area contributed by atoms with Crippen LogP contribution in [-0.4, -0.2) is 51.3 Å². The summed E-state index contributed by atoms with van der Waals surface area (Å²) in [7, 11) is -1.64. The first kappa shape index (κ1) is 14.9. The molecule has 2 unspecified atom stereocenters. The molecular weight excluding hydrogens is 240 g/mol. The van der Waals surface area contributed by atoms with Crippen molar-refractivity contribution in [2.45, 2.75) is 32.3 Å². The second kappa shape index (κ2) is 6.68. The molecule has 1 heterocycles. The highest BCUT2D eigenvalue weighted by atomic mass is 32.2. The van der Waals surface area contributed by atoms with Gasteiger partial charge in [-0.1, -0.05) is 0 Å². The number of hydrogen-bond acceptors (Lipinski definition) is 4. The molecule has 1 fully saturated rings. The molecule has 0 aromatic heterocycles. The Hall–Kier alpha value is -0.170. The number of hydrogen-bond donors (Lipinski definition) is 1. The molecule has 1 rings (SSSR count). The molecule has 5 nitrogen and oxygen atoms in total. The van der Waals surface area contributed by atoms with Gasteiger partial charge >= 0.3 is 0 Å². The molecule has 0 radical (unpaired) electrons. The molecule has 0 aromatic carbocycles. The summed E-state index contributed by atoms with van der Waals surface area (Å²) in [6, 6.07) is 0. The van der Waals surface area contributed by atoms with E-state index >= 15 is 0 Å². The fraction of sp³-hybridized carbons (Fsp3) is 1.00. The molecule has 1 aliphatic rings. The number of rotatable bonds is 6. The van der Waals surface area contributed by atoms with Crippen molar-refractivity contribution in [2.24, 2.45) is 11.7 Å². The number of nitrogens with two attached hydrogens (primary N) is 1. The zero-order chi connectivity index (χ0) is 12.9. The summed E-state index contributed by atoms with van der Waals surface area (Å²) < 4.78 is 30.9. The fourth-order valence-electron chi connectivity index (χ4n) is 2.22. The van der Waals surface area contributed by atoms with Gasteiger partial charge in [0.25, 0.3) is 0 Å². The molecule has 6 heteroatoms. The molecule has 102 valence electrons. The number of sulfonamides is 1. The van der Waals surface area contributed by atoms with Gasteiger partial charge in [-0.05, 0) is 38.6 Å². The Morgan fingerprint density at radius 2 is 2.24 bits per heavy atom. The predicted octanol–water partition coefficient (Wildman–Crippen LogP) is 0.412. The van der Waals surface area contributed by atoms with Crippen LogP contribution in [0.3, 0.4) is 0 Å². The largest absolute Gasteiger partial charge is 0.381 e. The third kappa shape index (κ3) is 4.54. The summed E-state index contributed by atoms with van der Waals surface area (Å²) in [5.74, 6) is 0.486. The van der Waals surface area contributed by atoms with Gasteiger partial charge in [0.05, 0.1) is 11.9 Å². The van der Waals surface area contributed by atoms with Crippen LogP contribution in [0.15, 0.2) is 0 Å². The number of piperidine rings is 1. The van der Waals surface area contributed by atoms with Crippen molar-refractivity contribution < 1.29 is 13.2 Å². The van der Waals surface area contributed by atoms with Crippen LogP contribution in [0.4, 0.5) is 0 Å². The maximum absolute atomic E-state index is 12.1. The van der Waals surface area contributed by atoms with Crippen LogP contribution in [-0.2, 0) is 14.8 Å². The van der Waals surface area contributed by atoms with Gasteiger partial charge < -0.3 is 10.5 Å². The topological polar surface area (TPSA) is 72.6 Å². The Balaban J connectivity index is 2.58. The van der Waals surface area contributed by atoms with Gasteiger partial charge in [0.1, 0.15) is 0 Å². The van der Waals surface area contributed by atoms with Crippen LogP contribution in [0.5, 0.6) is 0 Å². The monoisotopic (exact) mass is 264 g/mol. The van der Waals surface area contributed by atoms with E-state index in [0.717, 1.165) is 19.3 Å². The van der Waals surface area contributed by atoms with E-state index in [-0.39, 0.29) is 11.9 Å². The SMILES string of the molecule is COC(C)CS(=O)(=O)N1CCCC(CCN)C1. The molecule has 0 saturated carbocycles. The van der Waals surface area contributed by atoms with E-state index < -0.39 is 10.0 Å². The standard InChI is InChI=1S/C11H24N2O3S/c1-10(16-2)9-17(14,15)13-7-3-4-11(8-13)5-6-12/h10-11H,3-9,12H2,1-2H3.